The third-order valence-corrected chi connectivity index (χ3v) is 3.34. The zero-order chi connectivity index (χ0) is 13.7. The Balaban J connectivity index is 2.15. The average molecular weight is 282 g/mol. The number of thiocarbonyl (C=S) groups is 1. The minimum atomic E-state index is -0.785. The second-order valence-electron chi connectivity index (χ2n) is 4.11. The van der Waals surface area contributed by atoms with Crippen molar-refractivity contribution >= 4 is 17.3 Å². The fourth-order valence-electron chi connectivity index (χ4n) is 1.96. The van der Waals surface area contributed by atoms with Crippen LogP contribution in [0, 0.1) is 0 Å². The van der Waals surface area contributed by atoms with Crippen molar-refractivity contribution in [2.75, 3.05) is 33.9 Å². The summed E-state index contributed by atoms with van der Waals surface area (Å²) in [5, 5.41) is 6.51. The van der Waals surface area contributed by atoms with Gasteiger partial charge in [-0.25, -0.2) is 0 Å². The molecule has 2 rings (SSSR count). The van der Waals surface area contributed by atoms with Gasteiger partial charge < -0.3 is 24.8 Å². The molecule has 0 radical (unpaired) electrons. The van der Waals surface area contributed by atoms with Crippen LogP contribution in [0.3, 0.4) is 0 Å². The molecule has 2 N–H and O–H groups in total. The van der Waals surface area contributed by atoms with Crippen LogP contribution in [0.4, 0.5) is 0 Å². The molecule has 1 aromatic carbocycles. The van der Waals surface area contributed by atoms with Crippen LogP contribution >= 0.6 is 12.2 Å². The maximum absolute atomic E-state index is 5.78. The SMILES string of the molecule is CNC(=S)NCC1(c2ccc(OC)cc2)OCCO1. The largest absolute Gasteiger partial charge is 0.497 e. The topological polar surface area (TPSA) is 51.8 Å². The summed E-state index contributed by atoms with van der Waals surface area (Å²) in [6, 6.07) is 7.65. The molecule has 6 heteroatoms. The van der Waals surface area contributed by atoms with Crippen LogP contribution in [-0.4, -0.2) is 39.0 Å². The minimum Gasteiger partial charge on any atom is -0.497 e. The molecule has 1 aromatic rings. The van der Waals surface area contributed by atoms with Gasteiger partial charge in [-0.05, 0) is 36.5 Å². The van der Waals surface area contributed by atoms with Crippen molar-refractivity contribution in [1.29, 1.82) is 0 Å². The smallest absolute Gasteiger partial charge is 0.213 e. The highest BCUT2D eigenvalue weighted by atomic mass is 32.1. The fraction of sp³-hybridized carbons (Fsp3) is 0.462. The van der Waals surface area contributed by atoms with Crippen LogP contribution < -0.4 is 15.4 Å². The van der Waals surface area contributed by atoms with Gasteiger partial charge >= 0.3 is 0 Å². The van der Waals surface area contributed by atoms with E-state index in [4.69, 9.17) is 26.4 Å². The highest BCUT2D eigenvalue weighted by Gasteiger charge is 2.38. The van der Waals surface area contributed by atoms with Crippen LogP contribution in [0.15, 0.2) is 24.3 Å². The Labute approximate surface area is 118 Å². The van der Waals surface area contributed by atoms with Gasteiger partial charge in [-0.15, -0.1) is 0 Å². The van der Waals surface area contributed by atoms with Gasteiger partial charge in [-0.1, -0.05) is 0 Å². The predicted octanol–water partition coefficient (Wildman–Crippen LogP) is 0.989. The number of ether oxygens (including phenoxy) is 3. The molecule has 0 aliphatic carbocycles. The summed E-state index contributed by atoms with van der Waals surface area (Å²) in [4.78, 5) is 0. The molecular weight excluding hydrogens is 264 g/mol. The van der Waals surface area contributed by atoms with E-state index in [2.05, 4.69) is 10.6 Å². The summed E-state index contributed by atoms with van der Waals surface area (Å²) in [7, 11) is 3.41. The van der Waals surface area contributed by atoms with E-state index in [1.165, 1.54) is 0 Å². The van der Waals surface area contributed by atoms with Crippen molar-refractivity contribution in [3.63, 3.8) is 0 Å². The number of rotatable bonds is 4. The van der Waals surface area contributed by atoms with Crippen molar-refractivity contribution in [3.8, 4) is 5.75 Å². The third kappa shape index (κ3) is 3.15. The molecule has 104 valence electrons. The number of hydrogen-bond donors (Lipinski definition) is 2. The van der Waals surface area contributed by atoms with E-state index in [1.54, 1.807) is 14.2 Å². The normalized spacial score (nSPS) is 16.9. The highest BCUT2D eigenvalue weighted by Crippen LogP contribution is 2.31. The summed E-state index contributed by atoms with van der Waals surface area (Å²) in [5.74, 6) is 0.0169. The molecule has 0 spiro atoms. The van der Waals surface area contributed by atoms with E-state index >= 15 is 0 Å². The van der Waals surface area contributed by atoms with Crippen LogP contribution in [0.5, 0.6) is 5.75 Å². The fourth-order valence-corrected chi connectivity index (χ4v) is 2.03. The van der Waals surface area contributed by atoms with E-state index < -0.39 is 5.79 Å². The van der Waals surface area contributed by atoms with Gasteiger partial charge in [0.1, 0.15) is 5.75 Å². The first-order valence-electron chi connectivity index (χ1n) is 6.08. The Bertz CT molecular complexity index is 430. The molecule has 1 fully saturated rings. The molecule has 0 amide bonds. The molecule has 1 heterocycles. The van der Waals surface area contributed by atoms with E-state index in [1.807, 2.05) is 24.3 Å². The van der Waals surface area contributed by atoms with Crippen LogP contribution in [0.1, 0.15) is 5.56 Å². The maximum Gasteiger partial charge on any atom is 0.213 e. The number of methoxy groups -OCH3 is 1. The standard InChI is InChI=1S/C13H18N2O3S/c1-14-12(19)15-9-13(17-7-8-18-13)10-3-5-11(16-2)6-4-10/h3-6H,7-9H2,1-2H3,(H2,14,15,19). The molecule has 0 aromatic heterocycles. The quantitative estimate of drug-likeness (QED) is 0.803. The second-order valence-corrected chi connectivity index (χ2v) is 4.52. The van der Waals surface area contributed by atoms with Gasteiger partial charge in [0.25, 0.3) is 0 Å². The van der Waals surface area contributed by atoms with Crippen molar-refractivity contribution in [2.45, 2.75) is 5.79 Å². The first-order valence-corrected chi connectivity index (χ1v) is 6.49. The summed E-state index contributed by atoms with van der Waals surface area (Å²) < 4.78 is 16.7. The van der Waals surface area contributed by atoms with Crippen LogP contribution in [0.25, 0.3) is 0 Å². The lowest BCUT2D eigenvalue weighted by molar-refractivity contribution is -0.159. The highest BCUT2D eigenvalue weighted by molar-refractivity contribution is 7.80. The first kappa shape index (κ1) is 14.0. The lowest BCUT2D eigenvalue weighted by Gasteiger charge is -2.28. The molecule has 5 nitrogen and oxygen atoms in total. The third-order valence-electron chi connectivity index (χ3n) is 2.99. The van der Waals surface area contributed by atoms with Gasteiger partial charge in [-0.3, -0.25) is 0 Å². The molecule has 0 atom stereocenters. The first-order chi connectivity index (χ1) is 9.20. The van der Waals surface area contributed by atoms with Gasteiger partial charge in [0.05, 0.1) is 26.9 Å². The van der Waals surface area contributed by atoms with E-state index in [0.29, 0.717) is 24.9 Å². The Morgan fingerprint density at radius 1 is 1.32 bits per heavy atom. The second kappa shape index (κ2) is 6.18. The van der Waals surface area contributed by atoms with Gasteiger partial charge in [0.2, 0.25) is 5.79 Å². The Hall–Kier alpha value is -1.37. The van der Waals surface area contributed by atoms with Crippen molar-refractivity contribution < 1.29 is 14.2 Å². The zero-order valence-electron chi connectivity index (χ0n) is 11.1. The summed E-state index contributed by atoms with van der Waals surface area (Å²) in [6.07, 6.45) is 0. The molecule has 0 saturated carbocycles. The summed E-state index contributed by atoms with van der Waals surface area (Å²) in [6.45, 7) is 1.60. The maximum atomic E-state index is 5.78. The molecule has 0 bridgehead atoms. The monoisotopic (exact) mass is 282 g/mol. The van der Waals surface area contributed by atoms with E-state index in [0.717, 1.165) is 11.3 Å². The average Bonchev–Trinajstić information content (AvgIpc) is 2.95. The Morgan fingerprint density at radius 2 is 1.95 bits per heavy atom. The summed E-state index contributed by atoms with van der Waals surface area (Å²) in [5.41, 5.74) is 0.942. The van der Waals surface area contributed by atoms with Gasteiger partial charge in [0, 0.05) is 12.6 Å². The van der Waals surface area contributed by atoms with E-state index in [9.17, 15) is 0 Å². The molecular formula is C13H18N2O3S. The number of benzene rings is 1. The van der Waals surface area contributed by atoms with Crippen LogP contribution in [-0.2, 0) is 15.3 Å². The van der Waals surface area contributed by atoms with Gasteiger partial charge in [0.15, 0.2) is 5.11 Å². The van der Waals surface area contributed by atoms with Crippen molar-refractivity contribution in [1.82, 2.24) is 10.6 Å². The van der Waals surface area contributed by atoms with E-state index in [-0.39, 0.29) is 0 Å². The number of nitrogens with one attached hydrogen (secondary N) is 2. The molecule has 0 unspecified atom stereocenters. The molecule has 1 aliphatic heterocycles. The lowest BCUT2D eigenvalue weighted by Crippen LogP contribution is -2.44. The molecule has 1 saturated heterocycles. The summed E-state index contributed by atoms with van der Waals surface area (Å²) >= 11 is 5.08. The van der Waals surface area contributed by atoms with Crippen molar-refractivity contribution in [3.05, 3.63) is 29.8 Å². The van der Waals surface area contributed by atoms with Gasteiger partial charge in [-0.2, -0.15) is 0 Å². The Kier molecular flexibility index (Phi) is 4.57. The van der Waals surface area contributed by atoms with Crippen molar-refractivity contribution in [2.24, 2.45) is 0 Å². The Morgan fingerprint density at radius 3 is 2.47 bits per heavy atom. The predicted molar refractivity (Wildman–Crippen MR) is 76.2 cm³/mol. The van der Waals surface area contributed by atoms with Crippen LogP contribution in [0.2, 0.25) is 0 Å². The molecule has 19 heavy (non-hydrogen) atoms. The molecule has 1 aliphatic rings. The zero-order valence-corrected chi connectivity index (χ0v) is 11.9. The number of hydrogen-bond acceptors (Lipinski definition) is 4. The lowest BCUT2D eigenvalue weighted by atomic mass is 10.1. The minimum absolute atomic E-state index is 0.457.